The van der Waals surface area contributed by atoms with Crippen molar-refractivity contribution in [3.63, 3.8) is 0 Å². The molecule has 0 saturated heterocycles. The van der Waals surface area contributed by atoms with Gasteiger partial charge < -0.3 is 9.73 Å². The van der Waals surface area contributed by atoms with E-state index >= 15 is 0 Å². The first-order valence-electron chi connectivity index (χ1n) is 8.16. The molecule has 24 heavy (non-hydrogen) atoms. The zero-order chi connectivity index (χ0) is 17.1. The largest absolute Gasteiger partial charge is 0.437 e. The molecule has 3 rings (SSSR count). The quantitative estimate of drug-likeness (QED) is 0.931. The van der Waals surface area contributed by atoms with Crippen LogP contribution < -0.4 is 11.1 Å². The SMILES string of the molecule is C[C@H]1CCCC[C@@H]1NC(=O)Cn1nc(-c2ccc(F)cc2)oc1=O. The van der Waals surface area contributed by atoms with Crippen LogP contribution in [-0.2, 0) is 11.3 Å². The molecular weight excluding hydrogens is 313 g/mol. The Kier molecular flexibility index (Phi) is 4.78. The van der Waals surface area contributed by atoms with E-state index in [4.69, 9.17) is 4.42 Å². The van der Waals surface area contributed by atoms with Crippen LogP contribution in [-0.4, -0.2) is 21.7 Å². The topological polar surface area (TPSA) is 77.1 Å². The minimum atomic E-state index is -0.707. The fourth-order valence-corrected chi connectivity index (χ4v) is 3.03. The molecule has 1 amide bonds. The van der Waals surface area contributed by atoms with Crippen molar-refractivity contribution < 1.29 is 13.6 Å². The summed E-state index contributed by atoms with van der Waals surface area (Å²) in [5.41, 5.74) is 0.480. The molecule has 1 N–H and O–H groups in total. The van der Waals surface area contributed by atoms with Gasteiger partial charge in [-0.1, -0.05) is 19.8 Å². The van der Waals surface area contributed by atoms with Crippen molar-refractivity contribution in [2.45, 2.75) is 45.2 Å². The zero-order valence-corrected chi connectivity index (χ0v) is 13.5. The second-order valence-electron chi connectivity index (χ2n) is 6.27. The van der Waals surface area contributed by atoms with Gasteiger partial charge in [0, 0.05) is 11.6 Å². The number of carbonyl (C=O) groups is 1. The van der Waals surface area contributed by atoms with Crippen molar-refractivity contribution in [3.8, 4) is 11.5 Å². The number of nitrogens with one attached hydrogen (secondary N) is 1. The average molecular weight is 333 g/mol. The molecule has 0 unspecified atom stereocenters. The van der Waals surface area contributed by atoms with Crippen LogP contribution in [0.2, 0.25) is 0 Å². The Morgan fingerprint density at radius 2 is 2.04 bits per heavy atom. The summed E-state index contributed by atoms with van der Waals surface area (Å²) in [6, 6.07) is 5.59. The molecule has 1 heterocycles. The van der Waals surface area contributed by atoms with Crippen LogP contribution in [0, 0.1) is 11.7 Å². The van der Waals surface area contributed by atoms with E-state index in [-0.39, 0.29) is 30.2 Å². The van der Waals surface area contributed by atoms with Gasteiger partial charge in [0.2, 0.25) is 11.8 Å². The van der Waals surface area contributed by atoms with Gasteiger partial charge in [-0.3, -0.25) is 4.79 Å². The molecule has 2 atom stereocenters. The molecule has 7 heteroatoms. The smallest absolute Gasteiger partial charge is 0.388 e. The maximum Gasteiger partial charge on any atom is 0.437 e. The molecule has 1 aliphatic carbocycles. The minimum absolute atomic E-state index is 0.0684. The number of carbonyl (C=O) groups excluding carboxylic acids is 1. The zero-order valence-electron chi connectivity index (χ0n) is 13.5. The Balaban J connectivity index is 1.68. The van der Waals surface area contributed by atoms with Crippen LogP contribution in [0.3, 0.4) is 0 Å². The summed E-state index contributed by atoms with van der Waals surface area (Å²) in [7, 11) is 0. The number of halogens is 1. The van der Waals surface area contributed by atoms with Crippen LogP contribution >= 0.6 is 0 Å². The third-order valence-electron chi connectivity index (χ3n) is 4.45. The second-order valence-corrected chi connectivity index (χ2v) is 6.27. The van der Waals surface area contributed by atoms with Gasteiger partial charge in [0.15, 0.2) is 0 Å². The van der Waals surface area contributed by atoms with E-state index in [1.165, 1.54) is 30.7 Å². The molecular formula is C17H20FN3O3. The van der Waals surface area contributed by atoms with Crippen molar-refractivity contribution in [2.75, 3.05) is 0 Å². The van der Waals surface area contributed by atoms with E-state index in [0.29, 0.717) is 11.5 Å². The molecule has 6 nitrogen and oxygen atoms in total. The summed E-state index contributed by atoms with van der Waals surface area (Å²) in [5, 5.41) is 6.99. The molecule has 0 bridgehead atoms. The molecule has 1 aromatic carbocycles. The lowest BCUT2D eigenvalue weighted by Crippen LogP contribution is -2.43. The Hall–Kier alpha value is -2.44. The summed E-state index contributed by atoms with van der Waals surface area (Å²) >= 11 is 0. The van der Waals surface area contributed by atoms with Gasteiger partial charge >= 0.3 is 5.76 Å². The number of aromatic nitrogens is 2. The maximum absolute atomic E-state index is 12.9. The van der Waals surface area contributed by atoms with Crippen LogP contribution in [0.4, 0.5) is 4.39 Å². The molecule has 0 radical (unpaired) electrons. The van der Waals surface area contributed by atoms with Crippen LogP contribution in [0.25, 0.3) is 11.5 Å². The van der Waals surface area contributed by atoms with E-state index < -0.39 is 5.76 Å². The lowest BCUT2D eigenvalue weighted by atomic mass is 9.86. The van der Waals surface area contributed by atoms with Crippen molar-refractivity contribution >= 4 is 5.91 Å². The fraction of sp³-hybridized carbons (Fsp3) is 0.471. The Bertz CT molecular complexity index is 766. The Morgan fingerprint density at radius 1 is 1.33 bits per heavy atom. The summed E-state index contributed by atoms with van der Waals surface area (Å²) in [6.45, 7) is 1.94. The number of rotatable bonds is 4. The highest BCUT2D eigenvalue weighted by Gasteiger charge is 2.23. The van der Waals surface area contributed by atoms with Crippen LogP contribution in [0.15, 0.2) is 33.5 Å². The third kappa shape index (κ3) is 3.72. The first kappa shape index (κ1) is 16.4. The van der Waals surface area contributed by atoms with E-state index in [1.54, 1.807) is 0 Å². The predicted octanol–water partition coefficient (Wildman–Crippen LogP) is 2.34. The number of hydrogen-bond acceptors (Lipinski definition) is 4. The van der Waals surface area contributed by atoms with Gasteiger partial charge in [0.25, 0.3) is 0 Å². The van der Waals surface area contributed by atoms with Crippen molar-refractivity contribution in [2.24, 2.45) is 5.92 Å². The van der Waals surface area contributed by atoms with Gasteiger partial charge in [-0.05, 0) is 43.0 Å². The highest BCUT2D eigenvalue weighted by Crippen LogP contribution is 2.23. The van der Waals surface area contributed by atoms with Crippen LogP contribution in [0.5, 0.6) is 0 Å². The van der Waals surface area contributed by atoms with Gasteiger partial charge in [-0.25, -0.2) is 9.18 Å². The summed E-state index contributed by atoms with van der Waals surface area (Å²) in [4.78, 5) is 24.0. The average Bonchev–Trinajstić information content (AvgIpc) is 2.91. The molecule has 2 aromatic rings. The summed E-state index contributed by atoms with van der Waals surface area (Å²) < 4.78 is 19.0. The highest BCUT2D eigenvalue weighted by molar-refractivity contribution is 5.76. The van der Waals surface area contributed by atoms with Crippen molar-refractivity contribution in [1.29, 1.82) is 0 Å². The summed E-state index contributed by atoms with van der Waals surface area (Å²) in [6.07, 6.45) is 4.36. The van der Waals surface area contributed by atoms with E-state index in [0.717, 1.165) is 23.9 Å². The van der Waals surface area contributed by atoms with Crippen LogP contribution in [0.1, 0.15) is 32.6 Å². The molecule has 0 aliphatic heterocycles. The molecule has 0 spiro atoms. The third-order valence-corrected chi connectivity index (χ3v) is 4.45. The number of amides is 1. The first-order chi connectivity index (χ1) is 11.5. The predicted molar refractivity (Wildman–Crippen MR) is 85.7 cm³/mol. The molecule has 1 fully saturated rings. The van der Waals surface area contributed by atoms with Gasteiger partial charge in [-0.15, -0.1) is 5.10 Å². The molecule has 1 aromatic heterocycles. The van der Waals surface area contributed by atoms with Crippen molar-refractivity contribution in [1.82, 2.24) is 15.1 Å². The van der Waals surface area contributed by atoms with Gasteiger partial charge in [0.05, 0.1) is 0 Å². The van der Waals surface area contributed by atoms with E-state index in [9.17, 15) is 14.0 Å². The standard InChI is InChI=1S/C17H20FN3O3/c1-11-4-2-3-5-14(11)19-15(22)10-21-17(23)24-16(20-21)12-6-8-13(18)9-7-12/h6-9,11,14H,2-5,10H2,1H3,(H,19,22)/t11-,14-/m0/s1. The van der Waals surface area contributed by atoms with Gasteiger partial charge in [-0.2, -0.15) is 4.68 Å². The Morgan fingerprint density at radius 3 is 2.75 bits per heavy atom. The second kappa shape index (κ2) is 6.98. The summed E-state index contributed by atoms with van der Waals surface area (Å²) in [5.74, 6) is -0.845. The van der Waals surface area contributed by atoms with Gasteiger partial charge in [0.1, 0.15) is 12.4 Å². The molecule has 1 aliphatic rings. The highest BCUT2D eigenvalue weighted by atomic mass is 19.1. The molecule has 1 saturated carbocycles. The monoisotopic (exact) mass is 333 g/mol. The van der Waals surface area contributed by atoms with E-state index in [2.05, 4.69) is 17.3 Å². The normalized spacial score (nSPS) is 20.8. The minimum Gasteiger partial charge on any atom is -0.388 e. The van der Waals surface area contributed by atoms with E-state index in [1.807, 2.05) is 0 Å². The first-order valence-corrected chi connectivity index (χ1v) is 8.16. The number of benzene rings is 1. The maximum atomic E-state index is 12.9. The molecule has 128 valence electrons. The number of nitrogens with zero attached hydrogens (tertiary/aromatic N) is 2. The van der Waals surface area contributed by atoms with Crippen molar-refractivity contribution in [3.05, 3.63) is 40.6 Å². The fourth-order valence-electron chi connectivity index (χ4n) is 3.03. The lowest BCUT2D eigenvalue weighted by molar-refractivity contribution is -0.123. The number of hydrogen-bond donors (Lipinski definition) is 1. The lowest BCUT2D eigenvalue weighted by Gasteiger charge is -2.29. The Labute approximate surface area is 138 Å².